The van der Waals surface area contributed by atoms with E-state index in [-0.39, 0.29) is 11.4 Å². The standard InChI is InChI=1S/C30H20N4O/c1-32-29-19-23(21-31)20-30(33-2)28(29)18-11-22-9-12-25(13-10-22)34(24-7-5-4-6-8-24)26-14-16-27(35-3)17-15-26/h4-20H,3H3. The normalized spacial score (nSPS) is 10.2. The highest BCUT2D eigenvalue weighted by molar-refractivity contribution is 5.86. The van der Waals surface area contributed by atoms with Crippen LogP contribution in [0.15, 0.2) is 91.0 Å². The molecule has 0 heterocycles. The van der Waals surface area contributed by atoms with Crippen molar-refractivity contribution >= 4 is 40.6 Å². The fraction of sp³-hybridized carbons (Fsp3) is 0.0333. The molecule has 4 aromatic carbocycles. The second-order valence-corrected chi connectivity index (χ2v) is 7.56. The van der Waals surface area contributed by atoms with Crippen LogP contribution in [-0.2, 0) is 0 Å². The van der Waals surface area contributed by atoms with Crippen LogP contribution in [0, 0.1) is 24.5 Å². The lowest BCUT2D eigenvalue weighted by atomic mass is 10.0. The number of nitrogens with zero attached hydrogens (tertiary/aromatic N) is 4. The van der Waals surface area contributed by atoms with E-state index in [0.29, 0.717) is 11.1 Å². The number of benzene rings is 4. The van der Waals surface area contributed by atoms with Gasteiger partial charge in [0, 0.05) is 22.6 Å². The molecule has 0 N–H and O–H groups in total. The molecule has 0 spiro atoms. The smallest absolute Gasteiger partial charge is 0.185 e. The highest BCUT2D eigenvalue weighted by Gasteiger charge is 2.12. The molecule has 0 saturated carbocycles. The van der Waals surface area contributed by atoms with Gasteiger partial charge in [0.15, 0.2) is 11.4 Å². The highest BCUT2D eigenvalue weighted by atomic mass is 16.5. The topological polar surface area (TPSA) is 45.0 Å². The predicted molar refractivity (Wildman–Crippen MR) is 140 cm³/mol. The second-order valence-electron chi connectivity index (χ2n) is 7.56. The lowest BCUT2D eigenvalue weighted by Crippen LogP contribution is -2.09. The SMILES string of the molecule is [C-]#[N+]c1cc(C#N)cc([N+]#[C-])c1C=Cc1ccc(N(c2ccccc2)c2ccc(OC)cc2)cc1. The molecule has 35 heavy (non-hydrogen) atoms. The minimum atomic E-state index is 0.290. The van der Waals surface area contributed by atoms with Gasteiger partial charge >= 0.3 is 0 Å². The van der Waals surface area contributed by atoms with Gasteiger partial charge < -0.3 is 9.64 Å². The van der Waals surface area contributed by atoms with Crippen molar-refractivity contribution in [1.82, 2.24) is 0 Å². The first-order valence-electron chi connectivity index (χ1n) is 10.8. The van der Waals surface area contributed by atoms with Crippen molar-refractivity contribution in [3.8, 4) is 11.8 Å². The molecule has 0 aliphatic carbocycles. The predicted octanol–water partition coefficient (Wildman–Crippen LogP) is 8.31. The minimum Gasteiger partial charge on any atom is -0.497 e. The van der Waals surface area contributed by atoms with Gasteiger partial charge in [-0.2, -0.15) is 5.26 Å². The van der Waals surface area contributed by atoms with Gasteiger partial charge in [-0.3, -0.25) is 0 Å². The van der Waals surface area contributed by atoms with Gasteiger partial charge in [-0.25, -0.2) is 9.69 Å². The third-order valence-corrected chi connectivity index (χ3v) is 5.45. The van der Waals surface area contributed by atoms with Crippen molar-refractivity contribution in [3.05, 3.63) is 131 Å². The van der Waals surface area contributed by atoms with Crippen LogP contribution in [0.25, 0.3) is 21.8 Å². The first-order valence-corrected chi connectivity index (χ1v) is 10.8. The number of rotatable bonds is 6. The Morgan fingerprint density at radius 2 is 1.31 bits per heavy atom. The number of methoxy groups -OCH3 is 1. The maximum absolute atomic E-state index is 9.15. The molecule has 0 aliphatic rings. The van der Waals surface area contributed by atoms with Crippen molar-refractivity contribution in [1.29, 1.82) is 5.26 Å². The zero-order chi connectivity index (χ0) is 24.6. The maximum Gasteiger partial charge on any atom is 0.185 e. The number of anilines is 3. The average Bonchev–Trinajstić information content (AvgIpc) is 2.93. The first-order chi connectivity index (χ1) is 17.2. The Morgan fingerprint density at radius 1 is 0.771 bits per heavy atom. The fourth-order valence-corrected chi connectivity index (χ4v) is 3.71. The van der Waals surface area contributed by atoms with E-state index in [1.54, 1.807) is 13.2 Å². The van der Waals surface area contributed by atoms with Crippen LogP contribution < -0.4 is 9.64 Å². The van der Waals surface area contributed by atoms with E-state index in [0.717, 1.165) is 28.4 Å². The molecular weight excluding hydrogens is 432 g/mol. The molecule has 0 bridgehead atoms. The molecule has 0 fully saturated rings. The summed E-state index contributed by atoms with van der Waals surface area (Å²) < 4.78 is 5.31. The molecule has 0 unspecified atom stereocenters. The third kappa shape index (κ3) is 5.04. The molecule has 0 saturated heterocycles. The van der Waals surface area contributed by atoms with Crippen LogP contribution in [-0.4, -0.2) is 7.11 Å². The van der Waals surface area contributed by atoms with Crippen LogP contribution in [0.4, 0.5) is 28.4 Å². The summed E-state index contributed by atoms with van der Waals surface area (Å²) in [7, 11) is 1.65. The van der Waals surface area contributed by atoms with Crippen LogP contribution in [0.1, 0.15) is 16.7 Å². The monoisotopic (exact) mass is 452 g/mol. The van der Waals surface area contributed by atoms with E-state index in [1.165, 1.54) is 12.1 Å². The van der Waals surface area contributed by atoms with E-state index in [9.17, 15) is 0 Å². The van der Waals surface area contributed by atoms with Crippen LogP contribution >= 0.6 is 0 Å². The minimum absolute atomic E-state index is 0.290. The Hall–Kier alpha value is -5.31. The molecule has 0 amide bonds. The maximum atomic E-state index is 9.15. The van der Waals surface area contributed by atoms with Crippen molar-refractivity contribution < 1.29 is 4.74 Å². The molecule has 166 valence electrons. The average molecular weight is 453 g/mol. The molecule has 0 aliphatic heterocycles. The lowest BCUT2D eigenvalue weighted by molar-refractivity contribution is 0.415. The molecule has 5 heteroatoms. The van der Waals surface area contributed by atoms with Gasteiger partial charge in [-0.1, -0.05) is 42.5 Å². The molecule has 4 rings (SSSR count). The van der Waals surface area contributed by atoms with E-state index in [2.05, 4.69) is 26.7 Å². The molecule has 0 radical (unpaired) electrons. The fourth-order valence-electron chi connectivity index (χ4n) is 3.71. The van der Waals surface area contributed by atoms with Crippen molar-refractivity contribution in [2.45, 2.75) is 0 Å². The zero-order valence-electron chi connectivity index (χ0n) is 19.0. The summed E-state index contributed by atoms with van der Waals surface area (Å²) in [6.45, 7) is 14.9. The van der Waals surface area contributed by atoms with E-state index in [1.807, 2.05) is 78.9 Å². The Balaban J connectivity index is 1.68. The molecule has 0 atom stereocenters. The first kappa shape index (κ1) is 22.9. The van der Waals surface area contributed by atoms with Gasteiger partial charge in [0.1, 0.15) is 5.75 Å². The van der Waals surface area contributed by atoms with Crippen molar-refractivity contribution in [2.75, 3.05) is 12.0 Å². The van der Waals surface area contributed by atoms with Gasteiger partial charge in [0.2, 0.25) is 0 Å². The van der Waals surface area contributed by atoms with Crippen molar-refractivity contribution in [2.24, 2.45) is 0 Å². The Labute approximate surface area is 205 Å². The quantitative estimate of drug-likeness (QED) is 0.218. The van der Waals surface area contributed by atoms with E-state index in [4.69, 9.17) is 23.1 Å². The molecular formula is C30H20N4O. The van der Waals surface area contributed by atoms with E-state index < -0.39 is 0 Å². The summed E-state index contributed by atoms with van der Waals surface area (Å²) >= 11 is 0. The Morgan fingerprint density at radius 3 is 1.83 bits per heavy atom. The Kier molecular flexibility index (Phi) is 6.89. The summed E-state index contributed by atoms with van der Waals surface area (Å²) in [5.74, 6) is 0.794. The summed E-state index contributed by atoms with van der Waals surface area (Å²) in [5.41, 5.74) is 5.34. The second kappa shape index (κ2) is 10.5. The van der Waals surface area contributed by atoms with Gasteiger partial charge in [-0.05, 0) is 71.8 Å². The van der Waals surface area contributed by atoms with Crippen LogP contribution in [0.2, 0.25) is 0 Å². The number of para-hydroxylation sites is 1. The van der Waals surface area contributed by atoms with Gasteiger partial charge in [0.05, 0.1) is 26.3 Å². The number of hydrogen-bond donors (Lipinski definition) is 0. The molecule has 4 aromatic rings. The number of ether oxygens (including phenoxy) is 1. The van der Waals surface area contributed by atoms with Gasteiger partial charge in [0.25, 0.3) is 0 Å². The largest absolute Gasteiger partial charge is 0.497 e. The summed E-state index contributed by atoms with van der Waals surface area (Å²) in [5, 5.41) is 9.15. The van der Waals surface area contributed by atoms with Crippen molar-refractivity contribution in [3.63, 3.8) is 0 Å². The van der Waals surface area contributed by atoms with Crippen LogP contribution in [0.3, 0.4) is 0 Å². The number of nitriles is 1. The van der Waals surface area contributed by atoms with Crippen LogP contribution in [0.5, 0.6) is 5.75 Å². The zero-order valence-corrected chi connectivity index (χ0v) is 19.0. The summed E-state index contributed by atoms with van der Waals surface area (Å²) in [4.78, 5) is 9.17. The summed E-state index contributed by atoms with van der Waals surface area (Å²) in [6, 6.07) is 31.1. The summed E-state index contributed by atoms with van der Waals surface area (Å²) in [6.07, 6.45) is 3.63. The lowest BCUT2D eigenvalue weighted by Gasteiger charge is -2.25. The molecule has 5 nitrogen and oxygen atoms in total. The van der Waals surface area contributed by atoms with E-state index >= 15 is 0 Å². The third-order valence-electron chi connectivity index (χ3n) is 5.45. The number of hydrogen-bond acceptors (Lipinski definition) is 3. The highest BCUT2D eigenvalue weighted by Crippen LogP contribution is 2.36. The van der Waals surface area contributed by atoms with Gasteiger partial charge in [-0.15, -0.1) is 0 Å². The molecule has 0 aromatic heterocycles. The Bertz CT molecular complexity index is 1450.